The van der Waals surface area contributed by atoms with E-state index in [4.69, 9.17) is 0 Å². The lowest BCUT2D eigenvalue weighted by Crippen LogP contribution is -2.15. The lowest BCUT2D eigenvalue weighted by molar-refractivity contribution is -0.384. The number of aryl methyl sites for hydroxylation is 2. The van der Waals surface area contributed by atoms with Crippen LogP contribution in [0.2, 0.25) is 0 Å². The minimum atomic E-state index is -0.409. The fourth-order valence-electron chi connectivity index (χ4n) is 2.24. The third-order valence-corrected chi connectivity index (χ3v) is 4.88. The normalized spacial score (nSPS) is 11.8. The molecule has 0 aliphatic rings. The third-order valence-electron chi connectivity index (χ3n) is 3.68. The van der Waals surface area contributed by atoms with Crippen molar-refractivity contribution in [1.82, 2.24) is 0 Å². The van der Waals surface area contributed by atoms with Crippen molar-refractivity contribution in [2.75, 3.05) is 11.1 Å². The second-order valence-corrected chi connectivity index (χ2v) is 7.00. The fraction of sp³-hybridized carbons (Fsp3) is 0.278. The summed E-state index contributed by atoms with van der Waals surface area (Å²) in [5.41, 5.74) is 3.84. The van der Waals surface area contributed by atoms with Gasteiger partial charge in [0.05, 0.1) is 10.7 Å². The van der Waals surface area contributed by atoms with Crippen LogP contribution in [0.3, 0.4) is 0 Å². The molecule has 5 nitrogen and oxygen atoms in total. The van der Waals surface area contributed by atoms with E-state index in [1.807, 2.05) is 45.0 Å². The van der Waals surface area contributed by atoms with E-state index in [0.29, 0.717) is 0 Å². The predicted molar refractivity (Wildman–Crippen MR) is 98.5 cm³/mol. The molecule has 0 unspecified atom stereocenters. The summed E-state index contributed by atoms with van der Waals surface area (Å²) in [7, 11) is 0. The summed E-state index contributed by atoms with van der Waals surface area (Å²) in [6, 6.07) is 12.5. The van der Waals surface area contributed by atoms with Crippen molar-refractivity contribution in [3.05, 3.63) is 69.3 Å². The van der Waals surface area contributed by atoms with Crippen LogP contribution in [0.4, 0.5) is 11.4 Å². The molecule has 0 fully saturated rings. The first-order valence-corrected chi connectivity index (χ1v) is 8.64. The number of rotatable bonds is 6. The van der Waals surface area contributed by atoms with Crippen LogP contribution < -0.4 is 5.32 Å². The molecule has 1 atom stereocenters. The molecule has 0 aromatic heterocycles. The standard InChI is InChI=1S/C18H20N2O3S/c1-12-7-8-13(2)17(9-12)19-18(21)11-24-14(3)15-5-4-6-16(10-15)20(22)23/h4-10,14H,11H2,1-3H3,(H,19,21)/t14-/m0/s1. The van der Waals surface area contributed by atoms with Gasteiger partial charge in [0.1, 0.15) is 0 Å². The fourth-order valence-corrected chi connectivity index (χ4v) is 3.06. The van der Waals surface area contributed by atoms with E-state index < -0.39 is 4.92 Å². The molecule has 1 N–H and O–H groups in total. The Morgan fingerprint density at radius 1 is 1.25 bits per heavy atom. The molecule has 0 aliphatic carbocycles. The SMILES string of the molecule is Cc1ccc(C)c(NC(=O)CS[C@@H](C)c2cccc([N+](=O)[O-])c2)c1. The quantitative estimate of drug-likeness (QED) is 0.612. The maximum absolute atomic E-state index is 12.1. The van der Waals surface area contributed by atoms with Gasteiger partial charge in [-0.25, -0.2) is 0 Å². The van der Waals surface area contributed by atoms with Crippen LogP contribution in [-0.4, -0.2) is 16.6 Å². The second-order valence-electron chi connectivity index (χ2n) is 5.67. The highest BCUT2D eigenvalue weighted by Crippen LogP contribution is 2.30. The highest BCUT2D eigenvalue weighted by atomic mass is 32.2. The van der Waals surface area contributed by atoms with Gasteiger partial charge in [0.25, 0.3) is 5.69 Å². The van der Waals surface area contributed by atoms with Gasteiger partial charge in [-0.1, -0.05) is 24.3 Å². The minimum absolute atomic E-state index is 0.00532. The number of nitro groups is 1. The first kappa shape index (κ1) is 18.0. The summed E-state index contributed by atoms with van der Waals surface area (Å²) in [5.74, 6) is 0.211. The average Bonchev–Trinajstić information content (AvgIpc) is 2.56. The minimum Gasteiger partial charge on any atom is -0.325 e. The van der Waals surface area contributed by atoms with Crippen LogP contribution in [0, 0.1) is 24.0 Å². The number of hydrogen-bond acceptors (Lipinski definition) is 4. The number of hydrogen-bond donors (Lipinski definition) is 1. The smallest absolute Gasteiger partial charge is 0.269 e. The van der Waals surface area contributed by atoms with Crippen LogP contribution in [0.25, 0.3) is 0 Å². The van der Waals surface area contributed by atoms with Gasteiger partial charge in [-0.3, -0.25) is 14.9 Å². The maximum atomic E-state index is 12.1. The number of nitrogens with zero attached hydrogens (tertiary/aromatic N) is 1. The lowest BCUT2D eigenvalue weighted by Gasteiger charge is -2.13. The van der Waals surface area contributed by atoms with Crippen molar-refractivity contribution < 1.29 is 9.72 Å². The third kappa shape index (κ3) is 4.83. The number of anilines is 1. The monoisotopic (exact) mass is 344 g/mol. The Kier molecular flexibility index (Phi) is 5.98. The summed E-state index contributed by atoms with van der Waals surface area (Å²) in [6.45, 7) is 5.87. The van der Waals surface area contributed by atoms with Crippen LogP contribution in [0.5, 0.6) is 0 Å². The number of amides is 1. The summed E-state index contributed by atoms with van der Waals surface area (Å²) in [4.78, 5) is 22.6. The highest BCUT2D eigenvalue weighted by molar-refractivity contribution is 8.00. The van der Waals surface area contributed by atoms with E-state index in [1.54, 1.807) is 12.1 Å². The van der Waals surface area contributed by atoms with Crippen molar-refractivity contribution >= 4 is 29.0 Å². The number of carbonyl (C=O) groups excluding carboxylic acids is 1. The Morgan fingerprint density at radius 2 is 2.00 bits per heavy atom. The number of non-ortho nitro benzene ring substituents is 1. The highest BCUT2D eigenvalue weighted by Gasteiger charge is 2.13. The first-order chi connectivity index (χ1) is 11.4. The molecule has 0 heterocycles. The Morgan fingerprint density at radius 3 is 2.71 bits per heavy atom. The van der Waals surface area contributed by atoms with E-state index in [2.05, 4.69) is 5.32 Å². The van der Waals surface area contributed by atoms with Crippen molar-refractivity contribution in [2.24, 2.45) is 0 Å². The summed E-state index contributed by atoms with van der Waals surface area (Å²) in [6.07, 6.45) is 0. The van der Waals surface area contributed by atoms with E-state index in [9.17, 15) is 14.9 Å². The van der Waals surface area contributed by atoms with Gasteiger partial charge < -0.3 is 5.32 Å². The molecule has 0 saturated carbocycles. The van der Waals surface area contributed by atoms with Crippen LogP contribution in [0.15, 0.2) is 42.5 Å². The molecule has 0 saturated heterocycles. The number of nitrogens with one attached hydrogen (secondary N) is 1. The predicted octanol–water partition coefficient (Wildman–Crippen LogP) is 4.64. The van der Waals surface area contributed by atoms with Crippen molar-refractivity contribution in [2.45, 2.75) is 26.0 Å². The number of carbonyl (C=O) groups is 1. The molecule has 0 aliphatic heterocycles. The summed E-state index contributed by atoms with van der Waals surface area (Å²) >= 11 is 1.45. The van der Waals surface area contributed by atoms with Crippen LogP contribution in [0.1, 0.15) is 28.9 Å². The molecule has 0 bridgehead atoms. The molecule has 6 heteroatoms. The molecule has 2 aromatic rings. The second kappa shape index (κ2) is 7.97. The zero-order valence-electron chi connectivity index (χ0n) is 13.9. The largest absolute Gasteiger partial charge is 0.325 e. The van der Waals surface area contributed by atoms with E-state index in [1.165, 1.54) is 17.8 Å². The van der Waals surface area contributed by atoms with Gasteiger partial charge in [0, 0.05) is 23.1 Å². The van der Waals surface area contributed by atoms with E-state index >= 15 is 0 Å². The Bertz CT molecular complexity index is 762. The van der Waals surface area contributed by atoms with Gasteiger partial charge in [-0.15, -0.1) is 11.8 Å². The number of nitro benzene ring substituents is 1. The van der Waals surface area contributed by atoms with Crippen molar-refractivity contribution in [3.8, 4) is 0 Å². The summed E-state index contributed by atoms with van der Waals surface area (Å²) < 4.78 is 0. The van der Waals surface area contributed by atoms with Gasteiger partial charge in [-0.2, -0.15) is 0 Å². The van der Waals surface area contributed by atoms with Gasteiger partial charge >= 0.3 is 0 Å². The molecule has 1 amide bonds. The van der Waals surface area contributed by atoms with Gasteiger partial charge in [-0.05, 0) is 43.5 Å². The number of thioether (sulfide) groups is 1. The first-order valence-electron chi connectivity index (χ1n) is 7.60. The van der Waals surface area contributed by atoms with E-state index in [-0.39, 0.29) is 22.6 Å². The Hall–Kier alpha value is -2.34. The molecule has 24 heavy (non-hydrogen) atoms. The van der Waals surface area contributed by atoms with Gasteiger partial charge in [0.15, 0.2) is 0 Å². The van der Waals surface area contributed by atoms with Crippen LogP contribution in [-0.2, 0) is 4.79 Å². The molecular weight excluding hydrogens is 324 g/mol. The molecular formula is C18H20N2O3S. The van der Waals surface area contributed by atoms with E-state index in [0.717, 1.165) is 22.4 Å². The average molecular weight is 344 g/mol. The molecule has 2 aromatic carbocycles. The zero-order chi connectivity index (χ0) is 17.7. The summed E-state index contributed by atoms with van der Waals surface area (Å²) in [5, 5.41) is 13.8. The molecule has 0 spiro atoms. The number of benzene rings is 2. The van der Waals surface area contributed by atoms with Gasteiger partial charge in [0.2, 0.25) is 5.91 Å². The Balaban J connectivity index is 1.95. The molecule has 126 valence electrons. The molecule has 2 rings (SSSR count). The van der Waals surface area contributed by atoms with Crippen molar-refractivity contribution in [1.29, 1.82) is 0 Å². The van der Waals surface area contributed by atoms with Crippen LogP contribution >= 0.6 is 11.8 Å². The zero-order valence-corrected chi connectivity index (χ0v) is 14.7. The lowest BCUT2D eigenvalue weighted by atomic mass is 10.1. The maximum Gasteiger partial charge on any atom is 0.269 e. The van der Waals surface area contributed by atoms with Crippen molar-refractivity contribution in [3.63, 3.8) is 0 Å². The topological polar surface area (TPSA) is 72.2 Å². The Labute approximate surface area is 145 Å². The molecule has 0 radical (unpaired) electrons.